The lowest BCUT2D eigenvalue weighted by Gasteiger charge is -2.23. The Bertz CT molecular complexity index is 141. The SMILES string of the molecule is C/C(=C\N)C1(C)CCCC1. The molecule has 2 N–H and O–H groups in total. The van der Waals surface area contributed by atoms with Gasteiger partial charge in [0.1, 0.15) is 0 Å². The molecule has 0 saturated heterocycles. The predicted octanol–water partition coefficient (Wildman–Crippen LogP) is 2.43. The summed E-state index contributed by atoms with van der Waals surface area (Å²) in [5.41, 5.74) is 7.28. The van der Waals surface area contributed by atoms with Gasteiger partial charge in [0.2, 0.25) is 0 Å². The van der Waals surface area contributed by atoms with E-state index >= 15 is 0 Å². The Kier molecular flexibility index (Phi) is 2.02. The van der Waals surface area contributed by atoms with Crippen LogP contribution in [0.25, 0.3) is 0 Å². The van der Waals surface area contributed by atoms with Crippen LogP contribution in [0.3, 0.4) is 0 Å². The highest BCUT2D eigenvalue weighted by atomic mass is 14.5. The van der Waals surface area contributed by atoms with Gasteiger partial charge in [0, 0.05) is 0 Å². The summed E-state index contributed by atoms with van der Waals surface area (Å²) in [6, 6.07) is 0. The molecule has 0 aromatic heterocycles. The molecule has 0 bridgehead atoms. The second kappa shape index (κ2) is 2.65. The van der Waals surface area contributed by atoms with Crippen molar-refractivity contribution in [2.45, 2.75) is 39.5 Å². The second-order valence-corrected chi connectivity index (χ2v) is 3.62. The van der Waals surface area contributed by atoms with E-state index in [-0.39, 0.29) is 0 Å². The van der Waals surface area contributed by atoms with Gasteiger partial charge in [-0.3, -0.25) is 0 Å². The molecular weight excluding hydrogens is 122 g/mol. The molecule has 10 heavy (non-hydrogen) atoms. The molecule has 1 heteroatoms. The van der Waals surface area contributed by atoms with E-state index in [9.17, 15) is 0 Å². The van der Waals surface area contributed by atoms with E-state index in [4.69, 9.17) is 5.73 Å². The lowest BCUT2D eigenvalue weighted by atomic mass is 9.82. The van der Waals surface area contributed by atoms with E-state index in [1.807, 2.05) is 0 Å². The molecule has 0 atom stereocenters. The van der Waals surface area contributed by atoms with Crippen molar-refractivity contribution in [2.75, 3.05) is 0 Å². The highest BCUT2D eigenvalue weighted by Crippen LogP contribution is 2.42. The zero-order chi connectivity index (χ0) is 7.61. The molecule has 1 aliphatic carbocycles. The number of hydrogen-bond donors (Lipinski definition) is 1. The first-order valence-corrected chi connectivity index (χ1v) is 4.08. The molecule has 0 aromatic carbocycles. The van der Waals surface area contributed by atoms with Crippen molar-refractivity contribution in [2.24, 2.45) is 11.1 Å². The Morgan fingerprint density at radius 1 is 1.40 bits per heavy atom. The summed E-state index contributed by atoms with van der Waals surface area (Å²) >= 11 is 0. The Morgan fingerprint density at radius 3 is 2.30 bits per heavy atom. The van der Waals surface area contributed by atoms with Gasteiger partial charge < -0.3 is 5.73 Å². The predicted molar refractivity (Wildman–Crippen MR) is 44.5 cm³/mol. The van der Waals surface area contributed by atoms with Gasteiger partial charge >= 0.3 is 0 Å². The maximum absolute atomic E-state index is 5.48. The van der Waals surface area contributed by atoms with Crippen LogP contribution in [0, 0.1) is 5.41 Å². The highest BCUT2D eigenvalue weighted by molar-refractivity contribution is 5.10. The number of allylic oxidation sites excluding steroid dienone is 1. The van der Waals surface area contributed by atoms with Gasteiger partial charge in [0.15, 0.2) is 0 Å². The molecule has 0 aliphatic heterocycles. The van der Waals surface area contributed by atoms with Crippen LogP contribution >= 0.6 is 0 Å². The summed E-state index contributed by atoms with van der Waals surface area (Å²) in [5, 5.41) is 0. The van der Waals surface area contributed by atoms with Crippen LogP contribution in [0.15, 0.2) is 11.8 Å². The first kappa shape index (κ1) is 7.64. The van der Waals surface area contributed by atoms with Gasteiger partial charge in [-0.2, -0.15) is 0 Å². The molecule has 1 aliphatic rings. The van der Waals surface area contributed by atoms with Crippen LogP contribution in [0.4, 0.5) is 0 Å². The molecule has 0 radical (unpaired) electrons. The fraction of sp³-hybridized carbons (Fsp3) is 0.778. The number of rotatable bonds is 1. The third-order valence-corrected chi connectivity index (χ3v) is 2.91. The minimum atomic E-state index is 0.439. The second-order valence-electron chi connectivity index (χ2n) is 3.62. The molecule has 0 heterocycles. The summed E-state index contributed by atoms with van der Waals surface area (Å²) in [5.74, 6) is 0. The van der Waals surface area contributed by atoms with Crippen LogP contribution in [0.5, 0.6) is 0 Å². The Hall–Kier alpha value is -0.460. The van der Waals surface area contributed by atoms with Gasteiger partial charge in [-0.25, -0.2) is 0 Å². The maximum atomic E-state index is 5.48. The molecule has 1 rings (SSSR count). The van der Waals surface area contributed by atoms with Crippen LogP contribution < -0.4 is 5.73 Å². The molecule has 1 saturated carbocycles. The van der Waals surface area contributed by atoms with Crippen molar-refractivity contribution in [3.63, 3.8) is 0 Å². The fourth-order valence-corrected chi connectivity index (χ4v) is 1.75. The van der Waals surface area contributed by atoms with Crippen molar-refractivity contribution in [3.05, 3.63) is 11.8 Å². The Labute approximate surface area is 63.3 Å². The molecule has 0 aromatic rings. The lowest BCUT2D eigenvalue weighted by Crippen LogP contribution is -2.13. The van der Waals surface area contributed by atoms with Crippen LogP contribution in [-0.4, -0.2) is 0 Å². The van der Waals surface area contributed by atoms with Crippen LogP contribution in [-0.2, 0) is 0 Å². The first-order valence-electron chi connectivity index (χ1n) is 4.08. The van der Waals surface area contributed by atoms with Crippen molar-refractivity contribution in [1.29, 1.82) is 0 Å². The van der Waals surface area contributed by atoms with Crippen molar-refractivity contribution in [3.8, 4) is 0 Å². The fourth-order valence-electron chi connectivity index (χ4n) is 1.75. The van der Waals surface area contributed by atoms with E-state index in [0.717, 1.165) is 0 Å². The minimum Gasteiger partial charge on any atom is -0.405 e. The van der Waals surface area contributed by atoms with Crippen LogP contribution in [0.1, 0.15) is 39.5 Å². The zero-order valence-electron chi connectivity index (χ0n) is 6.98. The standard InChI is InChI=1S/C9H17N/c1-8(7-10)9(2)5-3-4-6-9/h7H,3-6,10H2,1-2H3/b8-7+. The largest absolute Gasteiger partial charge is 0.405 e. The first-order chi connectivity index (χ1) is 4.69. The van der Waals surface area contributed by atoms with Crippen molar-refractivity contribution < 1.29 is 0 Å². The Balaban J connectivity index is 2.67. The molecule has 0 unspecified atom stereocenters. The Morgan fingerprint density at radius 2 is 1.90 bits per heavy atom. The molecule has 58 valence electrons. The molecule has 1 fully saturated rings. The van der Waals surface area contributed by atoms with Gasteiger partial charge in [0.05, 0.1) is 0 Å². The molecular formula is C9H17N. The molecule has 0 spiro atoms. The van der Waals surface area contributed by atoms with E-state index in [0.29, 0.717) is 5.41 Å². The van der Waals surface area contributed by atoms with Gasteiger partial charge in [0.25, 0.3) is 0 Å². The summed E-state index contributed by atoms with van der Waals surface area (Å²) < 4.78 is 0. The summed E-state index contributed by atoms with van der Waals surface area (Å²) in [4.78, 5) is 0. The van der Waals surface area contributed by atoms with Crippen molar-refractivity contribution >= 4 is 0 Å². The average molecular weight is 139 g/mol. The maximum Gasteiger partial charge on any atom is -0.00677 e. The minimum absolute atomic E-state index is 0.439. The zero-order valence-corrected chi connectivity index (χ0v) is 6.98. The van der Waals surface area contributed by atoms with E-state index in [1.165, 1.54) is 31.3 Å². The number of hydrogen-bond acceptors (Lipinski definition) is 1. The topological polar surface area (TPSA) is 26.0 Å². The summed E-state index contributed by atoms with van der Waals surface area (Å²) in [6.07, 6.45) is 7.17. The average Bonchev–Trinajstić information content (AvgIpc) is 2.36. The van der Waals surface area contributed by atoms with E-state index in [1.54, 1.807) is 6.20 Å². The van der Waals surface area contributed by atoms with E-state index < -0.39 is 0 Å². The quantitative estimate of drug-likeness (QED) is 0.593. The van der Waals surface area contributed by atoms with Crippen LogP contribution in [0.2, 0.25) is 0 Å². The molecule has 1 nitrogen and oxygen atoms in total. The summed E-state index contributed by atoms with van der Waals surface area (Å²) in [6.45, 7) is 4.46. The van der Waals surface area contributed by atoms with Gasteiger partial charge in [-0.1, -0.05) is 25.3 Å². The molecule has 0 amide bonds. The van der Waals surface area contributed by atoms with E-state index in [2.05, 4.69) is 13.8 Å². The lowest BCUT2D eigenvalue weighted by molar-refractivity contribution is 0.413. The smallest absolute Gasteiger partial charge is 0.00677 e. The van der Waals surface area contributed by atoms with Gasteiger partial charge in [-0.15, -0.1) is 0 Å². The third-order valence-electron chi connectivity index (χ3n) is 2.91. The normalized spacial score (nSPS) is 25.2. The monoisotopic (exact) mass is 139 g/mol. The van der Waals surface area contributed by atoms with Crippen molar-refractivity contribution in [1.82, 2.24) is 0 Å². The summed E-state index contributed by atoms with van der Waals surface area (Å²) in [7, 11) is 0. The highest BCUT2D eigenvalue weighted by Gasteiger charge is 2.29. The van der Waals surface area contributed by atoms with Gasteiger partial charge in [-0.05, 0) is 31.4 Å². The number of nitrogens with two attached hydrogens (primary N) is 1. The third kappa shape index (κ3) is 1.18.